The standard InChI is InChI=1S/C17H14N4O2/c1-10(22)11-2-4-12(5-3-11)14-9-20-17-16(21-14)13(8-19-17)6-7-15(18)23/h2-9H,1H3,(H2,18,23)(H,19,20)/b7-6+. The zero-order chi connectivity index (χ0) is 16.4. The smallest absolute Gasteiger partial charge is 0.241 e. The lowest BCUT2D eigenvalue weighted by molar-refractivity contribution is -0.113. The maximum Gasteiger partial charge on any atom is 0.241 e. The lowest BCUT2D eigenvalue weighted by Crippen LogP contribution is -2.05. The summed E-state index contributed by atoms with van der Waals surface area (Å²) < 4.78 is 0. The second-order valence-corrected chi connectivity index (χ2v) is 5.07. The SMILES string of the molecule is CC(=O)c1ccc(-c2cnc3[nH]cc(/C=C/C(N)=O)c3n2)cc1. The highest BCUT2D eigenvalue weighted by Gasteiger charge is 2.08. The molecule has 0 unspecified atom stereocenters. The van der Waals surface area contributed by atoms with Gasteiger partial charge >= 0.3 is 0 Å². The molecule has 6 heteroatoms. The number of nitrogens with two attached hydrogens (primary N) is 1. The fraction of sp³-hybridized carbons (Fsp3) is 0.0588. The number of hydrogen-bond donors (Lipinski definition) is 2. The van der Waals surface area contributed by atoms with Gasteiger partial charge in [0, 0.05) is 29.0 Å². The highest BCUT2D eigenvalue weighted by atomic mass is 16.1. The minimum atomic E-state index is -0.525. The van der Waals surface area contributed by atoms with Crippen molar-refractivity contribution in [2.45, 2.75) is 6.92 Å². The molecule has 1 aromatic carbocycles. The molecule has 23 heavy (non-hydrogen) atoms. The van der Waals surface area contributed by atoms with Crippen molar-refractivity contribution in [3.8, 4) is 11.3 Å². The number of carbonyl (C=O) groups excluding carboxylic acids is 2. The van der Waals surface area contributed by atoms with E-state index in [9.17, 15) is 9.59 Å². The fourth-order valence-electron chi connectivity index (χ4n) is 2.22. The van der Waals surface area contributed by atoms with Gasteiger partial charge in [-0.15, -0.1) is 0 Å². The average Bonchev–Trinajstić information content (AvgIpc) is 2.95. The van der Waals surface area contributed by atoms with Crippen LogP contribution < -0.4 is 5.73 Å². The van der Waals surface area contributed by atoms with Crippen LogP contribution in [0.25, 0.3) is 28.5 Å². The maximum atomic E-state index is 11.3. The van der Waals surface area contributed by atoms with Crippen LogP contribution in [0.2, 0.25) is 0 Å². The molecule has 2 heterocycles. The van der Waals surface area contributed by atoms with Crippen LogP contribution in [0.15, 0.2) is 42.7 Å². The van der Waals surface area contributed by atoms with E-state index in [2.05, 4.69) is 15.0 Å². The summed E-state index contributed by atoms with van der Waals surface area (Å²) in [5, 5.41) is 0. The van der Waals surface area contributed by atoms with Crippen molar-refractivity contribution in [3.63, 3.8) is 0 Å². The number of aromatic nitrogens is 3. The monoisotopic (exact) mass is 306 g/mol. The number of H-pyrrole nitrogens is 1. The Labute approximate surface area is 132 Å². The number of amides is 1. The first-order valence-corrected chi connectivity index (χ1v) is 6.97. The van der Waals surface area contributed by atoms with E-state index >= 15 is 0 Å². The number of benzene rings is 1. The molecule has 114 valence electrons. The average molecular weight is 306 g/mol. The summed E-state index contributed by atoms with van der Waals surface area (Å²) in [5.74, 6) is -0.508. The molecule has 0 bridgehead atoms. The zero-order valence-corrected chi connectivity index (χ0v) is 12.4. The molecule has 0 aliphatic carbocycles. The van der Waals surface area contributed by atoms with Crippen molar-refractivity contribution < 1.29 is 9.59 Å². The number of nitrogens with one attached hydrogen (secondary N) is 1. The molecular formula is C17H14N4O2. The van der Waals surface area contributed by atoms with Gasteiger partial charge in [0.1, 0.15) is 5.52 Å². The van der Waals surface area contributed by atoms with Gasteiger partial charge in [-0.3, -0.25) is 9.59 Å². The number of fused-ring (bicyclic) bond motifs is 1. The van der Waals surface area contributed by atoms with Gasteiger partial charge in [0.2, 0.25) is 5.91 Å². The molecule has 6 nitrogen and oxygen atoms in total. The Hall–Kier alpha value is -3.28. The number of rotatable bonds is 4. The van der Waals surface area contributed by atoms with Crippen LogP contribution in [0.3, 0.4) is 0 Å². The Morgan fingerprint density at radius 2 is 1.96 bits per heavy atom. The number of carbonyl (C=O) groups is 2. The third-order valence-corrected chi connectivity index (χ3v) is 3.42. The molecule has 0 atom stereocenters. The largest absolute Gasteiger partial charge is 0.366 e. The number of primary amides is 1. The van der Waals surface area contributed by atoms with E-state index < -0.39 is 5.91 Å². The topological polar surface area (TPSA) is 102 Å². The van der Waals surface area contributed by atoms with Gasteiger partial charge in [-0.2, -0.15) is 0 Å². The molecule has 0 aliphatic heterocycles. The summed E-state index contributed by atoms with van der Waals surface area (Å²) in [5.41, 5.74) is 9.30. The lowest BCUT2D eigenvalue weighted by atomic mass is 10.1. The number of Topliss-reactive ketones (excluding diaryl/α,β-unsaturated/α-hetero) is 1. The molecule has 1 amide bonds. The molecule has 0 saturated carbocycles. The molecule has 0 saturated heterocycles. The Bertz CT molecular complexity index is 923. The number of ketones is 1. The van der Waals surface area contributed by atoms with Crippen LogP contribution >= 0.6 is 0 Å². The third kappa shape index (κ3) is 3.01. The van der Waals surface area contributed by atoms with Crippen LogP contribution in [-0.4, -0.2) is 26.6 Å². The van der Waals surface area contributed by atoms with Crippen LogP contribution in [0, 0.1) is 0 Å². The van der Waals surface area contributed by atoms with E-state index in [1.54, 1.807) is 30.6 Å². The minimum Gasteiger partial charge on any atom is -0.366 e. The first kappa shape index (κ1) is 14.6. The molecule has 0 aliphatic rings. The Kier molecular flexibility index (Phi) is 3.72. The van der Waals surface area contributed by atoms with Crippen LogP contribution in [0.1, 0.15) is 22.8 Å². The second kappa shape index (κ2) is 5.84. The molecule has 2 aromatic heterocycles. The van der Waals surface area contributed by atoms with E-state index in [1.165, 1.54) is 13.0 Å². The summed E-state index contributed by atoms with van der Waals surface area (Å²) in [7, 11) is 0. The van der Waals surface area contributed by atoms with E-state index in [0.717, 1.165) is 11.1 Å². The van der Waals surface area contributed by atoms with E-state index in [1.807, 2.05) is 12.1 Å². The summed E-state index contributed by atoms with van der Waals surface area (Å²) in [4.78, 5) is 34.1. The van der Waals surface area contributed by atoms with Gasteiger partial charge in [-0.25, -0.2) is 9.97 Å². The van der Waals surface area contributed by atoms with Crippen LogP contribution in [0.4, 0.5) is 0 Å². The third-order valence-electron chi connectivity index (χ3n) is 3.42. The van der Waals surface area contributed by atoms with Gasteiger partial charge in [-0.1, -0.05) is 24.3 Å². The minimum absolute atomic E-state index is 0.0163. The first-order chi connectivity index (χ1) is 11.0. The van der Waals surface area contributed by atoms with Gasteiger partial charge in [0.25, 0.3) is 0 Å². The Balaban J connectivity index is 2.03. The van der Waals surface area contributed by atoms with E-state index in [4.69, 9.17) is 5.73 Å². The molecule has 3 rings (SSSR count). The maximum absolute atomic E-state index is 11.3. The van der Waals surface area contributed by atoms with Crippen molar-refractivity contribution in [1.82, 2.24) is 15.0 Å². The fourth-order valence-corrected chi connectivity index (χ4v) is 2.22. The predicted molar refractivity (Wildman–Crippen MR) is 87.6 cm³/mol. The number of nitrogens with zero attached hydrogens (tertiary/aromatic N) is 2. The number of aromatic amines is 1. The molecule has 0 fully saturated rings. The van der Waals surface area contributed by atoms with E-state index in [-0.39, 0.29) is 5.78 Å². The summed E-state index contributed by atoms with van der Waals surface area (Å²) in [6.45, 7) is 1.53. The molecule has 0 spiro atoms. The van der Waals surface area contributed by atoms with Gasteiger partial charge in [0.05, 0.1) is 11.9 Å². The first-order valence-electron chi connectivity index (χ1n) is 6.97. The highest BCUT2D eigenvalue weighted by Crippen LogP contribution is 2.22. The molecule has 3 aromatic rings. The Morgan fingerprint density at radius 3 is 2.61 bits per heavy atom. The van der Waals surface area contributed by atoms with Crippen molar-refractivity contribution in [2.75, 3.05) is 0 Å². The molecule has 3 N–H and O–H groups in total. The Morgan fingerprint density at radius 1 is 1.22 bits per heavy atom. The second-order valence-electron chi connectivity index (χ2n) is 5.07. The normalized spacial score (nSPS) is 11.2. The van der Waals surface area contributed by atoms with Gasteiger partial charge < -0.3 is 10.7 Å². The summed E-state index contributed by atoms with van der Waals surface area (Å²) >= 11 is 0. The van der Waals surface area contributed by atoms with Crippen molar-refractivity contribution in [2.24, 2.45) is 5.73 Å². The van der Waals surface area contributed by atoms with E-state index in [0.29, 0.717) is 22.4 Å². The highest BCUT2D eigenvalue weighted by molar-refractivity contribution is 5.95. The van der Waals surface area contributed by atoms with Gasteiger partial charge in [-0.05, 0) is 13.0 Å². The lowest BCUT2D eigenvalue weighted by Gasteiger charge is -2.02. The quantitative estimate of drug-likeness (QED) is 0.570. The van der Waals surface area contributed by atoms with Crippen molar-refractivity contribution >= 4 is 28.9 Å². The summed E-state index contributed by atoms with van der Waals surface area (Å²) in [6, 6.07) is 7.18. The molecular weight excluding hydrogens is 292 g/mol. The van der Waals surface area contributed by atoms with Crippen LogP contribution in [-0.2, 0) is 4.79 Å². The molecule has 0 radical (unpaired) electrons. The van der Waals surface area contributed by atoms with Gasteiger partial charge in [0.15, 0.2) is 11.4 Å². The zero-order valence-electron chi connectivity index (χ0n) is 12.4. The predicted octanol–water partition coefficient (Wildman–Crippen LogP) is 2.33. The number of hydrogen-bond acceptors (Lipinski definition) is 4. The van der Waals surface area contributed by atoms with Crippen molar-refractivity contribution in [3.05, 3.63) is 53.9 Å². The van der Waals surface area contributed by atoms with Crippen molar-refractivity contribution in [1.29, 1.82) is 0 Å². The summed E-state index contributed by atoms with van der Waals surface area (Å²) in [6.07, 6.45) is 6.24. The van der Waals surface area contributed by atoms with Crippen LogP contribution in [0.5, 0.6) is 0 Å².